The molecule has 1 fully saturated rings. The van der Waals surface area contributed by atoms with Crippen molar-refractivity contribution in [1.29, 1.82) is 0 Å². The fourth-order valence-electron chi connectivity index (χ4n) is 2.19. The number of ether oxygens (including phenoxy) is 1. The van der Waals surface area contributed by atoms with Crippen LogP contribution in [-0.2, 0) is 31.6 Å². The van der Waals surface area contributed by atoms with Crippen LogP contribution in [0.2, 0.25) is 0 Å². The van der Waals surface area contributed by atoms with E-state index in [0.717, 1.165) is 10.8 Å². The normalized spacial score (nSPS) is 28.3. The second-order valence-corrected chi connectivity index (χ2v) is 9.90. The monoisotopic (exact) mass is 507 g/mol. The summed E-state index contributed by atoms with van der Waals surface area (Å²) in [6.45, 7) is -1.02. The van der Waals surface area contributed by atoms with Crippen LogP contribution in [0.1, 0.15) is 6.23 Å². The predicted octanol–water partition coefficient (Wildman–Crippen LogP) is -2.86. The van der Waals surface area contributed by atoms with Crippen LogP contribution in [0.3, 0.4) is 0 Å². The number of hydrogen-bond donors (Lipinski definition) is 7. The van der Waals surface area contributed by atoms with Gasteiger partial charge in [-0.25, -0.2) is 18.5 Å². The van der Waals surface area contributed by atoms with E-state index in [1.165, 1.54) is 6.07 Å². The third-order valence-corrected chi connectivity index (χ3v) is 7.08. The number of hydrogen-bond acceptors (Lipinski definition) is 12. The minimum absolute atomic E-state index is 0. The third-order valence-electron chi connectivity index (χ3n) is 3.28. The van der Waals surface area contributed by atoms with Gasteiger partial charge in [-0.2, -0.15) is 13.6 Å². The van der Waals surface area contributed by atoms with Gasteiger partial charge in [-0.05, 0) is 6.07 Å². The Hall–Kier alpha value is -0.0300. The number of rotatable bonds is 8. The maximum absolute atomic E-state index is 11.8. The van der Waals surface area contributed by atoms with Crippen molar-refractivity contribution in [2.45, 2.75) is 24.5 Å². The molecule has 6 atom stereocenters. The van der Waals surface area contributed by atoms with Crippen molar-refractivity contribution >= 4 is 58.8 Å². The van der Waals surface area contributed by atoms with Gasteiger partial charge in [0.25, 0.3) is 0 Å². The van der Waals surface area contributed by atoms with Crippen LogP contribution in [-0.4, -0.2) is 93.8 Å². The first kappa shape index (κ1) is 28.0. The zero-order valence-electron chi connectivity index (χ0n) is 13.9. The summed E-state index contributed by atoms with van der Waals surface area (Å²) in [6, 6.07) is 1.20. The predicted molar refractivity (Wildman–Crippen MR) is 95.8 cm³/mol. The van der Waals surface area contributed by atoms with Crippen LogP contribution in [0, 0.1) is 0 Å². The molecule has 2 heterocycles. The van der Waals surface area contributed by atoms with Crippen molar-refractivity contribution in [2.24, 2.45) is 0 Å². The average Bonchev–Trinajstić information content (AvgIpc) is 2.78. The molecule has 30 heavy (non-hydrogen) atoms. The number of aromatic nitrogens is 2. The van der Waals surface area contributed by atoms with Crippen molar-refractivity contribution in [3.05, 3.63) is 22.7 Å². The number of aliphatic hydroxyl groups is 2. The molecule has 168 valence electrons. The zero-order valence-corrected chi connectivity index (χ0v) is 16.6. The summed E-state index contributed by atoms with van der Waals surface area (Å²) < 4.78 is 50.8. The molecule has 1 aromatic rings. The van der Waals surface area contributed by atoms with Gasteiger partial charge in [0.1, 0.15) is 24.1 Å². The molecule has 8 N–H and O–H groups in total. The van der Waals surface area contributed by atoms with Gasteiger partial charge in [0, 0.05) is 6.20 Å². The van der Waals surface area contributed by atoms with Crippen LogP contribution in [0.15, 0.2) is 17.1 Å². The van der Waals surface area contributed by atoms with Crippen LogP contribution < -0.4 is 11.4 Å². The molecule has 0 aliphatic carbocycles. The van der Waals surface area contributed by atoms with Crippen molar-refractivity contribution in [2.75, 3.05) is 12.3 Å². The van der Waals surface area contributed by atoms with Gasteiger partial charge >= 0.3 is 58.7 Å². The van der Waals surface area contributed by atoms with Gasteiger partial charge in [0.15, 0.2) is 6.23 Å². The Morgan fingerprint density at radius 1 is 1.10 bits per heavy atom. The SMILES string of the molecule is Nc1ccn([C@@H]2O[C@H](COP(=O)(O)OP(=O)(O)OP(=O)(O)O)[C@@H](O)[C@H]2O)c(=O)n1.[NaH]. The molecule has 1 aliphatic rings. The van der Waals surface area contributed by atoms with E-state index in [0.29, 0.717) is 0 Å². The number of nitrogens with zero attached hydrogens (tertiary/aromatic N) is 2. The van der Waals surface area contributed by atoms with E-state index >= 15 is 0 Å². The van der Waals surface area contributed by atoms with Gasteiger partial charge in [-0.15, -0.1) is 0 Å². The molecule has 2 unspecified atom stereocenters. The molecule has 17 nitrogen and oxygen atoms in total. The van der Waals surface area contributed by atoms with Gasteiger partial charge < -0.3 is 40.3 Å². The van der Waals surface area contributed by atoms with Crippen LogP contribution in [0.4, 0.5) is 5.82 Å². The summed E-state index contributed by atoms with van der Waals surface area (Å²) in [5, 5.41) is 20.0. The fourth-order valence-corrected chi connectivity index (χ4v) is 5.22. The van der Waals surface area contributed by atoms with Crippen molar-refractivity contribution in [3.8, 4) is 0 Å². The maximum atomic E-state index is 11.8. The molecule has 0 amide bonds. The van der Waals surface area contributed by atoms with Crippen molar-refractivity contribution < 1.29 is 61.4 Å². The van der Waals surface area contributed by atoms with Crippen LogP contribution in [0.5, 0.6) is 0 Å². The first-order chi connectivity index (χ1) is 13.1. The average molecular weight is 507 g/mol. The molecular formula is C9H17N3NaO14P3. The molecule has 1 aromatic heterocycles. The number of aliphatic hydroxyl groups excluding tert-OH is 2. The summed E-state index contributed by atoms with van der Waals surface area (Å²) >= 11 is 0. The first-order valence-electron chi connectivity index (χ1n) is 7.25. The number of nitrogen functional groups attached to an aromatic ring is 1. The van der Waals surface area contributed by atoms with E-state index < -0.39 is 60.3 Å². The quantitative estimate of drug-likeness (QED) is 0.138. The Bertz CT molecular complexity index is 952. The molecule has 1 aliphatic heterocycles. The Kier molecular flexibility index (Phi) is 9.59. The molecule has 0 saturated carbocycles. The van der Waals surface area contributed by atoms with Crippen molar-refractivity contribution in [1.82, 2.24) is 9.55 Å². The van der Waals surface area contributed by atoms with E-state index in [2.05, 4.69) is 18.1 Å². The summed E-state index contributed by atoms with van der Waals surface area (Å²) in [5.74, 6) is -0.122. The summed E-state index contributed by atoms with van der Waals surface area (Å²) in [7, 11) is -16.7. The second kappa shape index (κ2) is 10.3. The number of phosphoric ester groups is 1. The van der Waals surface area contributed by atoms with Gasteiger partial charge in [0.2, 0.25) is 0 Å². The molecule has 0 spiro atoms. The molecule has 0 bridgehead atoms. The summed E-state index contributed by atoms with van der Waals surface area (Å²) in [5.41, 5.74) is 4.39. The van der Waals surface area contributed by atoms with E-state index in [1.807, 2.05) is 0 Å². The van der Waals surface area contributed by atoms with Crippen LogP contribution >= 0.6 is 23.5 Å². The molecule has 2 rings (SSSR count). The Labute approximate surface area is 189 Å². The Morgan fingerprint density at radius 3 is 2.23 bits per heavy atom. The topological polar surface area (TPSA) is 270 Å². The molecule has 0 aromatic carbocycles. The standard InChI is InChI=1S/C9H16N3O14P3.Na.H/c10-5-1-2-12(9(15)11-5)8-7(14)6(13)4(24-8)3-23-28(19,20)26-29(21,22)25-27(16,17)18;;/h1-2,4,6-8,13-14H,3H2,(H,19,20)(H,21,22)(H2,10,11,15)(H2,16,17,18);;/t4-,6-,7-,8-;;/m1../s1. The van der Waals surface area contributed by atoms with E-state index in [9.17, 15) is 33.6 Å². The number of anilines is 1. The van der Waals surface area contributed by atoms with E-state index in [4.69, 9.17) is 25.2 Å². The van der Waals surface area contributed by atoms with Crippen LogP contribution in [0.25, 0.3) is 0 Å². The number of nitrogens with two attached hydrogens (primary N) is 1. The van der Waals surface area contributed by atoms with Gasteiger partial charge in [0.05, 0.1) is 6.61 Å². The van der Waals surface area contributed by atoms with Gasteiger partial charge in [-0.1, -0.05) is 0 Å². The molecule has 21 heteroatoms. The molecule has 0 radical (unpaired) electrons. The summed E-state index contributed by atoms with van der Waals surface area (Å²) in [6.07, 6.45) is -5.38. The van der Waals surface area contributed by atoms with E-state index in [-0.39, 0.29) is 35.4 Å². The van der Waals surface area contributed by atoms with Crippen molar-refractivity contribution in [3.63, 3.8) is 0 Å². The van der Waals surface area contributed by atoms with Gasteiger partial charge in [-0.3, -0.25) is 9.09 Å². The molecular weight excluding hydrogens is 490 g/mol. The fraction of sp³-hybridized carbons (Fsp3) is 0.556. The Morgan fingerprint density at radius 2 is 1.70 bits per heavy atom. The molecule has 1 saturated heterocycles. The second-order valence-electron chi connectivity index (χ2n) is 5.48. The number of phosphoric acid groups is 3. The minimum atomic E-state index is -5.71. The third kappa shape index (κ3) is 7.83. The van der Waals surface area contributed by atoms with E-state index in [1.54, 1.807) is 0 Å². The Balaban J connectivity index is 0.00000450. The summed E-state index contributed by atoms with van der Waals surface area (Å²) in [4.78, 5) is 50.5. The first-order valence-corrected chi connectivity index (χ1v) is 11.8. The zero-order chi connectivity index (χ0) is 22.2.